The molecule has 0 aliphatic carbocycles. The van der Waals surface area contributed by atoms with Crippen LogP contribution < -0.4 is 10.6 Å². The van der Waals surface area contributed by atoms with Gasteiger partial charge in [0.2, 0.25) is 5.91 Å². The molecule has 0 fully saturated rings. The molecule has 0 atom stereocenters. The Labute approximate surface area is 110 Å². The maximum Gasteiger partial charge on any atom is 0.321 e. The molecule has 0 heterocycles. The summed E-state index contributed by atoms with van der Waals surface area (Å²) in [5, 5.41) is 12.7. The average Bonchev–Trinajstić information content (AvgIpc) is 2.28. The van der Waals surface area contributed by atoms with Crippen LogP contribution >= 0.6 is 0 Å². The predicted molar refractivity (Wildman–Crippen MR) is 64.3 cm³/mol. The Morgan fingerprint density at radius 2 is 1.79 bits per heavy atom. The molecule has 0 aromatic rings. The van der Waals surface area contributed by atoms with E-state index in [1.807, 2.05) is 5.32 Å². The molecule has 0 spiro atoms. The van der Waals surface area contributed by atoms with Crippen LogP contribution in [0.4, 0.5) is 4.79 Å². The first-order chi connectivity index (χ1) is 8.95. The summed E-state index contributed by atoms with van der Waals surface area (Å²) >= 11 is 0. The van der Waals surface area contributed by atoms with Crippen molar-refractivity contribution >= 4 is 23.9 Å². The fraction of sp³-hybridized carbons (Fsp3) is 0.636. The van der Waals surface area contributed by atoms with E-state index in [-0.39, 0.29) is 38.8 Å². The summed E-state index contributed by atoms with van der Waals surface area (Å²) in [7, 11) is 0. The average molecular weight is 274 g/mol. The number of amides is 3. The molecule has 0 aromatic heterocycles. The molecule has 0 saturated heterocycles. The topological polar surface area (TPSA) is 122 Å². The Morgan fingerprint density at radius 3 is 2.37 bits per heavy atom. The number of aliphatic carboxylic acids is 1. The number of carboxylic acids is 1. The number of urea groups is 1. The number of imide groups is 1. The van der Waals surface area contributed by atoms with Gasteiger partial charge >= 0.3 is 18.0 Å². The lowest BCUT2D eigenvalue weighted by molar-refractivity contribution is -0.143. The van der Waals surface area contributed by atoms with Crippen LogP contribution in [-0.2, 0) is 19.1 Å². The minimum atomic E-state index is -0.994. The standard InChI is InChI=1S/C11H18N2O6/c1-2-19-10(17)6-7-12-11(18)13-8(14)4-3-5-9(15)16/h2-7H2,1H3,(H,15,16)(H2,12,13,14,18). The van der Waals surface area contributed by atoms with E-state index in [9.17, 15) is 19.2 Å². The van der Waals surface area contributed by atoms with E-state index in [4.69, 9.17) is 5.11 Å². The summed E-state index contributed by atoms with van der Waals surface area (Å²) in [6.45, 7) is 2.01. The Balaban J connectivity index is 3.65. The van der Waals surface area contributed by atoms with E-state index in [0.29, 0.717) is 0 Å². The van der Waals surface area contributed by atoms with Crippen LogP contribution in [0.15, 0.2) is 0 Å². The molecule has 8 heteroatoms. The SMILES string of the molecule is CCOC(=O)CCNC(=O)NC(=O)CCCC(=O)O. The molecule has 8 nitrogen and oxygen atoms in total. The second-order valence-corrected chi connectivity index (χ2v) is 3.61. The predicted octanol–water partition coefficient (Wildman–Crippen LogP) is 0.0203. The van der Waals surface area contributed by atoms with Gasteiger partial charge in [-0.3, -0.25) is 19.7 Å². The van der Waals surface area contributed by atoms with Gasteiger partial charge in [-0.2, -0.15) is 0 Å². The van der Waals surface area contributed by atoms with Crippen molar-refractivity contribution in [2.75, 3.05) is 13.2 Å². The molecule has 0 bridgehead atoms. The molecule has 0 unspecified atom stereocenters. The van der Waals surface area contributed by atoms with Crippen LogP contribution in [0, 0.1) is 0 Å². The van der Waals surface area contributed by atoms with Crippen LogP contribution in [0.25, 0.3) is 0 Å². The van der Waals surface area contributed by atoms with Crippen LogP contribution in [0.2, 0.25) is 0 Å². The highest BCUT2D eigenvalue weighted by Crippen LogP contribution is 1.94. The molecule has 0 radical (unpaired) electrons. The summed E-state index contributed by atoms with van der Waals surface area (Å²) < 4.78 is 4.65. The zero-order valence-electron chi connectivity index (χ0n) is 10.7. The summed E-state index contributed by atoms with van der Waals surface area (Å²) in [5.41, 5.74) is 0. The first kappa shape index (κ1) is 16.9. The number of carboxylic acid groups (broad SMARTS) is 1. The Kier molecular flexibility index (Phi) is 8.76. The van der Waals surface area contributed by atoms with E-state index >= 15 is 0 Å². The highest BCUT2D eigenvalue weighted by Gasteiger charge is 2.09. The minimum Gasteiger partial charge on any atom is -0.481 e. The molecule has 0 rings (SSSR count). The maximum absolute atomic E-state index is 11.2. The molecule has 108 valence electrons. The third kappa shape index (κ3) is 10.7. The number of hydrogen-bond acceptors (Lipinski definition) is 5. The molecular formula is C11H18N2O6. The fourth-order valence-corrected chi connectivity index (χ4v) is 1.14. The third-order valence-corrected chi connectivity index (χ3v) is 1.97. The normalized spacial score (nSPS) is 9.53. The Morgan fingerprint density at radius 1 is 1.11 bits per heavy atom. The molecule has 3 N–H and O–H groups in total. The molecular weight excluding hydrogens is 256 g/mol. The lowest BCUT2D eigenvalue weighted by Crippen LogP contribution is -2.40. The summed E-state index contributed by atoms with van der Waals surface area (Å²) in [6, 6.07) is -0.718. The quantitative estimate of drug-likeness (QED) is 0.536. The molecule has 3 amide bonds. The van der Waals surface area contributed by atoms with Crippen LogP contribution in [0.1, 0.15) is 32.6 Å². The van der Waals surface area contributed by atoms with Crippen molar-refractivity contribution in [2.24, 2.45) is 0 Å². The zero-order chi connectivity index (χ0) is 14.7. The fourth-order valence-electron chi connectivity index (χ4n) is 1.14. The molecule has 0 aliphatic rings. The lowest BCUT2D eigenvalue weighted by Gasteiger charge is -2.06. The number of carbonyl (C=O) groups excluding carboxylic acids is 3. The van der Waals surface area contributed by atoms with Gasteiger partial charge in [-0.05, 0) is 13.3 Å². The number of nitrogens with one attached hydrogen (secondary N) is 2. The third-order valence-electron chi connectivity index (χ3n) is 1.97. The van der Waals surface area contributed by atoms with E-state index < -0.39 is 23.9 Å². The molecule has 19 heavy (non-hydrogen) atoms. The number of hydrogen-bond donors (Lipinski definition) is 3. The Bertz CT molecular complexity index is 342. The van der Waals surface area contributed by atoms with Gasteiger partial charge in [0.25, 0.3) is 0 Å². The highest BCUT2D eigenvalue weighted by atomic mass is 16.5. The lowest BCUT2D eigenvalue weighted by atomic mass is 10.2. The second kappa shape index (κ2) is 9.86. The zero-order valence-corrected chi connectivity index (χ0v) is 10.7. The number of carbonyl (C=O) groups is 4. The smallest absolute Gasteiger partial charge is 0.321 e. The first-order valence-corrected chi connectivity index (χ1v) is 5.90. The summed E-state index contributed by atoms with van der Waals surface area (Å²) in [4.78, 5) is 43.5. The van der Waals surface area contributed by atoms with Crippen molar-refractivity contribution in [3.8, 4) is 0 Å². The molecule has 0 aromatic carbocycles. The van der Waals surface area contributed by atoms with Gasteiger partial charge in [-0.25, -0.2) is 4.79 Å². The monoisotopic (exact) mass is 274 g/mol. The van der Waals surface area contributed by atoms with E-state index in [1.165, 1.54) is 0 Å². The van der Waals surface area contributed by atoms with Gasteiger partial charge in [0, 0.05) is 19.4 Å². The van der Waals surface area contributed by atoms with E-state index in [2.05, 4.69) is 10.1 Å². The second-order valence-electron chi connectivity index (χ2n) is 3.61. The number of rotatable bonds is 8. The van der Waals surface area contributed by atoms with Crippen molar-refractivity contribution in [3.05, 3.63) is 0 Å². The summed E-state index contributed by atoms with van der Waals surface area (Å²) in [5.74, 6) is -1.99. The molecule has 0 saturated carbocycles. The first-order valence-electron chi connectivity index (χ1n) is 5.90. The van der Waals surface area contributed by atoms with Crippen LogP contribution in [0.5, 0.6) is 0 Å². The van der Waals surface area contributed by atoms with Crippen molar-refractivity contribution in [2.45, 2.75) is 32.6 Å². The Hall–Kier alpha value is -2.12. The number of esters is 1. The van der Waals surface area contributed by atoms with Gasteiger partial charge in [0.1, 0.15) is 0 Å². The van der Waals surface area contributed by atoms with Crippen molar-refractivity contribution in [1.29, 1.82) is 0 Å². The van der Waals surface area contributed by atoms with Crippen LogP contribution in [0.3, 0.4) is 0 Å². The van der Waals surface area contributed by atoms with Gasteiger partial charge < -0.3 is 15.2 Å². The van der Waals surface area contributed by atoms with Gasteiger partial charge in [0.05, 0.1) is 13.0 Å². The highest BCUT2D eigenvalue weighted by molar-refractivity contribution is 5.94. The molecule has 0 aliphatic heterocycles. The maximum atomic E-state index is 11.2. The van der Waals surface area contributed by atoms with Gasteiger partial charge in [-0.15, -0.1) is 0 Å². The van der Waals surface area contributed by atoms with Crippen molar-refractivity contribution < 1.29 is 29.0 Å². The van der Waals surface area contributed by atoms with E-state index in [0.717, 1.165) is 0 Å². The van der Waals surface area contributed by atoms with Gasteiger partial charge in [0.15, 0.2) is 0 Å². The van der Waals surface area contributed by atoms with Crippen LogP contribution in [-0.4, -0.2) is 42.1 Å². The van der Waals surface area contributed by atoms with Gasteiger partial charge in [-0.1, -0.05) is 0 Å². The summed E-state index contributed by atoms with van der Waals surface area (Å²) in [6.07, 6.45) is 0.0151. The largest absolute Gasteiger partial charge is 0.481 e. The minimum absolute atomic E-state index is 0.0223. The van der Waals surface area contributed by atoms with Crippen molar-refractivity contribution in [1.82, 2.24) is 10.6 Å². The van der Waals surface area contributed by atoms with Crippen molar-refractivity contribution in [3.63, 3.8) is 0 Å². The number of ether oxygens (including phenoxy) is 1. The van der Waals surface area contributed by atoms with E-state index in [1.54, 1.807) is 6.92 Å².